The van der Waals surface area contributed by atoms with Gasteiger partial charge in [-0.25, -0.2) is 0 Å². The molecule has 3 N–H and O–H groups in total. The summed E-state index contributed by atoms with van der Waals surface area (Å²) < 4.78 is 5.72. The number of carboxylic acid groups (broad SMARTS) is 1. The standard InChI is InChI=1S/C12H15NO4/c14-6-9-1-3-10(4-2-9)17-12(5-11(15)16)7-13-8-12/h1-4,13-14H,5-8H2,(H,15,16). The minimum absolute atomic E-state index is 0.0118. The lowest BCUT2D eigenvalue weighted by Crippen LogP contribution is -2.64. The molecule has 17 heavy (non-hydrogen) atoms. The molecule has 1 saturated heterocycles. The molecule has 5 nitrogen and oxygen atoms in total. The van der Waals surface area contributed by atoms with Crippen LogP contribution in [0.25, 0.3) is 0 Å². The first-order chi connectivity index (χ1) is 8.13. The third-order valence-corrected chi connectivity index (χ3v) is 2.81. The Hall–Kier alpha value is -1.59. The lowest BCUT2D eigenvalue weighted by atomic mass is 9.92. The zero-order chi connectivity index (χ0) is 12.3. The predicted molar refractivity (Wildman–Crippen MR) is 60.8 cm³/mol. The highest BCUT2D eigenvalue weighted by Crippen LogP contribution is 2.25. The maximum atomic E-state index is 10.8. The van der Waals surface area contributed by atoms with Crippen molar-refractivity contribution in [3.05, 3.63) is 29.8 Å². The fourth-order valence-corrected chi connectivity index (χ4v) is 1.83. The van der Waals surface area contributed by atoms with Gasteiger partial charge < -0.3 is 20.3 Å². The van der Waals surface area contributed by atoms with E-state index in [2.05, 4.69) is 5.32 Å². The number of benzene rings is 1. The second kappa shape index (κ2) is 4.73. The topological polar surface area (TPSA) is 78.8 Å². The second-order valence-electron chi connectivity index (χ2n) is 4.26. The van der Waals surface area contributed by atoms with Gasteiger partial charge >= 0.3 is 5.97 Å². The fourth-order valence-electron chi connectivity index (χ4n) is 1.83. The van der Waals surface area contributed by atoms with Crippen molar-refractivity contribution in [1.82, 2.24) is 5.32 Å². The van der Waals surface area contributed by atoms with Crippen LogP contribution in [0.15, 0.2) is 24.3 Å². The highest BCUT2D eigenvalue weighted by atomic mass is 16.5. The summed E-state index contributed by atoms with van der Waals surface area (Å²) in [5, 5.41) is 20.8. The van der Waals surface area contributed by atoms with Gasteiger partial charge in [0.1, 0.15) is 11.4 Å². The second-order valence-corrected chi connectivity index (χ2v) is 4.26. The zero-order valence-electron chi connectivity index (χ0n) is 9.35. The Morgan fingerprint density at radius 1 is 1.35 bits per heavy atom. The summed E-state index contributed by atoms with van der Waals surface area (Å²) in [5.41, 5.74) is 0.170. The highest BCUT2D eigenvalue weighted by molar-refractivity contribution is 5.68. The van der Waals surface area contributed by atoms with Crippen molar-refractivity contribution in [2.45, 2.75) is 18.6 Å². The lowest BCUT2D eigenvalue weighted by Gasteiger charge is -2.41. The Bertz CT molecular complexity index is 397. The van der Waals surface area contributed by atoms with Crippen LogP contribution < -0.4 is 10.1 Å². The third-order valence-electron chi connectivity index (χ3n) is 2.81. The predicted octanol–water partition coefficient (Wildman–Crippen LogP) is 0.374. The van der Waals surface area contributed by atoms with Gasteiger partial charge in [0.25, 0.3) is 0 Å². The molecule has 0 spiro atoms. The van der Waals surface area contributed by atoms with E-state index in [4.69, 9.17) is 14.9 Å². The van der Waals surface area contributed by atoms with E-state index in [1.54, 1.807) is 24.3 Å². The molecule has 0 bridgehead atoms. The van der Waals surface area contributed by atoms with Gasteiger partial charge in [-0.15, -0.1) is 0 Å². The van der Waals surface area contributed by atoms with Crippen molar-refractivity contribution in [2.75, 3.05) is 13.1 Å². The number of aliphatic carboxylic acids is 1. The molecule has 92 valence electrons. The van der Waals surface area contributed by atoms with Gasteiger partial charge in [-0.2, -0.15) is 0 Å². The summed E-state index contributed by atoms with van der Waals surface area (Å²) in [5.74, 6) is -0.233. The molecule has 1 aromatic carbocycles. The van der Waals surface area contributed by atoms with Gasteiger partial charge in [0.2, 0.25) is 0 Å². The van der Waals surface area contributed by atoms with Crippen molar-refractivity contribution in [1.29, 1.82) is 0 Å². The molecule has 0 radical (unpaired) electrons. The third kappa shape index (κ3) is 2.75. The van der Waals surface area contributed by atoms with E-state index in [0.717, 1.165) is 5.56 Å². The molecule has 0 unspecified atom stereocenters. The van der Waals surface area contributed by atoms with E-state index >= 15 is 0 Å². The lowest BCUT2D eigenvalue weighted by molar-refractivity contribution is -0.143. The summed E-state index contributed by atoms with van der Waals surface area (Å²) in [6.45, 7) is 1.07. The molecule has 0 amide bonds. The Labute approximate surface area is 99.0 Å². The van der Waals surface area contributed by atoms with Crippen molar-refractivity contribution in [3.63, 3.8) is 0 Å². The molecule has 1 aliphatic rings. The average Bonchev–Trinajstić information content (AvgIpc) is 2.26. The number of nitrogens with one attached hydrogen (secondary N) is 1. The van der Waals surface area contributed by atoms with Crippen LogP contribution in [0.3, 0.4) is 0 Å². The number of hydrogen-bond acceptors (Lipinski definition) is 4. The molecule has 2 rings (SSSR count). The molecule has 0 atom stereocenters. The van der Waals surface area contributed by atoms with Crippen molar-refractivity contribution >= 4 is 5.97 Å². The minimum atomic E-state index is -0.863. The van der Waals surface area contributed by atoms with Crippen molar-refractivity contribution in [3.8, 4) is 5.75 Å². The Balaban J connectivity index is 2.04. The molecular formula is C12H15NO4. The van der Waals surface area contributed by atoms with Crippen LogP contribution in [0.2, 0.25) is 0 Å². The summed E-state index contributed by atoms with van der Waals surface area (Å²) in [4.78, 5) is 10.8. The van der Waals surface area contributed by atoms with Gasteiger partial charge in [-0.05, 0) is 17.7 Å². The number of carboxylic acids is 1. The highest BCUT2D eigenvalue weighted by Gasteiger charge is 2.41. The number of aliphatic hydroxyl groups excluding tert-OH is 1. The summed E-state index contributed by atoms with van der Waals surface area (Å²) in [6, 6.07) is 7.01. The molecule has 0 saturated carbocycles. The Morgan fingerprint density at radius 2 is 2.00 bits per heavy atom. The molecule has 1 aliphatic heterocycles. The van der Waals surface area contributed by atoms with Gasteiger partial charge in [-0.1, -0.05) is 12.1 Å². The maximum Gasteiger partial charge on any atom is 0.307 e. The van der Waals surface area contributed by atoms with Gasteiger partial charge in [0.15, 0.2) is 0 Å². The molecule has 0 aliphatic carbocycles. The number of rotatable bonds is 5. The first-order valence-electron chi connectivity index (χ1n) is 5.45. The quantitative estimate of drug-likeness (QED) is 0.689. The monoisotopic (exact) mass is 237 g/mol. The van der Waals surface area contributed by atoms with E-state index in [1.165, 1.54) is 0 Å². The summed E-state index contributed by atoms with van der Waals surface area (Å²) >= 11 is 0. The van der Waals surface area contributed by atoms with E-state index in [9.17, 15) is 4.79 Å². The number of hydrogen-bond donors (Lipinski definition) is 3. The largest absolute Gasteiger partial charge is 0.484 e. The van der Waals surface area contributed by atoms with Crippen LogP contribution in [-0.2, 0) is 11.4 Å². The number of ether oxygens (including phenoxy) is 1. The number of carbonyl (C=O) groups is 1. The normalized spacial score (nSPS) is 17.2. The van der Waals surface area contributed by atoms with Crippen LogP contribution >= 0.6 is 0 Å². The van der Waals surface area contributed by atoms with Crippen LogP contribution in [0.4, 0.5) is 0 Å². The van der Waals surface area contributed by atoms with Gasteiger partial charge in [0, 0.05) is 13.1 Å². The summed E-state index contributed by atoms with van der Waals surface area (Å²) in [7, 11) is 0. The molecule has 0 aromatic heterocycles. The first-order valence-corrected chi connectivity index (χ1v) is 5.45. The SMILES string of the molecule is O=C(O)CC1(Oc2ccc(CO)cc2)CNC1. The van der Waals surface area contributed by atoms with Gasteiger partial charge in [-0.3, -0.25) is 4.79 Å². The Morgan fingerprint density at radius 3 is 2.41 bits per heavy atom. The number of aliphatic hydroxyl groups is 1. The van der Waals surface area contributed by atoms with Crippen LogP contribution in [0.5, 0.6) is 5.75 Å². The van der Waals surface area contributed by atoms with Crippen molar-refractivity contribution in [2.24, 2.45) is 0 Å². The smallest absolute Gasteiger partial charge is 0.307 e. The van der Waals surface area contributed by atoms with Crippen molar-refractivity contribution < 1.29 is 19.7 Å². The van der Waals surface area contributed by atoms with Gasteiger partial charge in [0.05, 0.1) is 13.0 Å². The Kier molecular flexibility index (Phi) is 3.31. The van der Waals surface area contributed by atoms with E-state index < -0.39 is 11.6 Å². The van der Waals surface area contributed by atoms with E-state index in [0.29, 0.717) is 18.8 Å². The van der Waals surface area contributed by atoms with Crippen LogP contribution in [0.1, 0.15) is 12.0 Å². The molecule has 1 fully saturated rings. The first kappa shape index (κ1) is 11.9. The zero-order valence-corrected chi connectivity index (χ0v) is 9.35. The molecule has 1 heterocycles. The molecule has 1 aromatic rings. The van der Waals surface area contributed by atoms with Crippen LogP contribution in [-0.4, -0.2) is 34.9 Å². The maximum absolute atomic E-state index is 10.8. The average molecular weight is 237 g/mol. The van der Waals surface area contributed by atoms with E-state index in [-0.39, 0.29) is 13.0 Å². The summed E-state index contributed by atoms with van der Waals surface area (Å²) in [6.07, 6.45) is -0.0122. The van der Waals surface area contributed by atoms with E-state index in [1.807, 2.05) is 0 Å². The van der Waals surface area contributed by atoms with Crippen LogP contribution in [0, 0.1) is 0 Å². The molecule has 5 heteroatoms. The fraction of sp³-hybridized carbons (Fsp3) is 0.417. The molecular weight excluding hydrogens is 222 g/mol. The minimum Gasteiger partial charge on any atom is -0.484 e.